The number of aryl methyl sites for hydroxylation is 1. The van der Waals surface area contributed by atoms with Crippen LogP contribution in [0.4, 0.5) is 5.69 Å². The van der Waals surface area contributed by atoms with E-state index in [2.05, 4.69) is 35.3 Å². The van der Waals surface area contributed by atoms with Crippen LogP contribution in [-0.4, -0.2) is 9.36 Å². The highest BCUT2D eigenvalue weighted by molar-refractivity contribution is 8.01. The number of benzene rings is 1. The molecule has 0 radical (unpaired) electrons. The molecule has 0 amide bonds. The summed E-state index contributed by atoms with van der Waals surface area (Å²) in [6, 6.07) is 8.00. The van der Waals surface area contributed by atoms with E-state index in [4.69, 9.17) is 5.73 Å². The van der Waals surface area contributed by atoms with Gasteiger partial charge in [0.25, 0.3) is 0 Å². The topological polar surface area (TPSA) is 51.8 Å². The molecule has 2 rings (SSSR count). The Labute approximate surface area is 110 Å². The Morgan fingerprint density at radius 3 is 2.65 bits per heavy atom. The molecule has 0 saturated heterocycles. The van der Waals surface area contributed by atoms with Crippen molar-refractivity contribution < 1.29 is 0 Å². The summed E-state index contributed by atoms with van der Waals surface area (Å²) in [5.74, 6) is 0.932. The van der Waals surface area contributed by atoms with E-state index in [9.17, 15) is 0 Å². The van der Waals surface area contributed by atoms with Crippen molar-refractivity contribution >= 4 is 29.0 Å². The van der Waals surface area contributed by atoms with Crippen molar-refractivity contribution in [1.82, 2.24) is 9.36 Å². The number of aromatic nitrogens is 2. The molecule has 1 heterocycles. The number of hydrogen-bond donors (Lipinski definition) is 1. The summed E-state index contributed by atoms with van der Waals surface area (Å²) in [6.07, 6.45) is 0.896. The Morgan fingerprint density at radius 2 is 2.06 bits per heavy atom. The third-order valence-corrected chi connectivity index (χ3v) is 4.43. The fraction of sp³-hybridized carbons (Fsp3) is 0.333. The zero-order chi connectivity index (χ0) is 12.3. The van der Waals surface area contributed by atoms with Gasteiger partial charge in [-0.05, 0) is 36.2 Å². The van der Waals surface area contributed by atoms with Gasteiger partial charge >= 0.3 is 0 Å². The molecule has 0 bridgehead atoms. The Bertz CT molecular complexity index is 479. The van der Waals surface area contributed by atoms with Gasteiger partial charge < -0.3 is 5.73 Å². The lowest BCUT2D eigenvalue weighted by atomic mass is 10.1. The Hall–Kier alpha value is -1.07. The highest BCUT2D eigenvalue weighted by Gasteiger charge is 2.10. The lowest BCUT2D eigenvalue weighted by Gasteiger charge is -2.09. The Balaban J connectivity index is 2.05. The second-order valence-electron chi connectivity index (χ2n) is 3.76. The number of hydrogen-bond acceptors (Lipinski definition) is 5. The maximum Gasteiger partial charge on any atom is 0.170 e. The molecule has 1 atom stereocenters. The Kier molecular flexibility index (Phi) is 4.02. The highest BCUT2D eigenvalue weighted by atomic mass is 32.2. The molecular weight excluding hydrogens is 250 g/mol. The number of nitrogens with zero attached hydrogens (tertiary/aromatic N) is 2. The van der Waals surface area contributed by atoms with E-state index in [0.717, 1.165) is 22.3 Å². The number of rotatable bonds is 4. The van der Waals surface area contributed by atoms with Gasteiger partial charge in [0.2, 0.25) is 0 Å². The average Bonchev–Trinajstić information content (AvgIpc) is 2.77. The van der Waals surface area contributed by atoms with Crippen molar-refractivity contribution in [3.8, 4) is 0 Å². The molecule has 3 nitrogen and oxygen atoms in total. The largest absolute Gasteiger partial charge is 0.399 e. The average molecular weight is 265 g/mol. The summed E-state index contributed by atoms with van der Waals surface area (Å²) in [5.41, 5.74) is 7.74. The summed E-state index contributed by atoms with van der Waals surface area (Å²) in [6.45, 7) is 4.24. The first-order chi connectivity index (χ1) is 8.19. The van der Waals surface area contributed by atoms with Crippen LogP contribution in [0.5, 0.6) is 0 Å². The lowest BCUT2D eigenvalue weighted by molar-refractivity contribution is 0.968. The van der Waals surface area contributed by atoms with Gasteiger partial charge in [0.1, 0.15) is 5.82 Å². The van der Waals surface area contributed by atoms with Crippen LogP contribution in [-0.2, 0) is 6.42 Å². The molecule has 1 unspecified atom stereocenters. The minimum absolute atomic E-state index is 0.369. The Morgan fingerprint density at radius 1 is 1.35 bits per heavy atom. The van der Waals surface area contributed by atoms with Crippen molar-refractivity contribution in [2.75, 3.05) is 5.73 Å². The maximum absolute atomic E-state index is 5.67. The molecule has 17 heavy (non-hydrogen) atoms. The van der Waals surface area contributed by atoms with Gasteiger partial charge in [-0.25, -0.2) is 4.98 Å². The molecule has 2 aromatic rings. The first kappa shape index (κ1) is 12.4. The van der Waals surface area contributed by atoms with Gasteiger partial charge in [-0.2, -0.15) is 4.37 Å². The van der Waals surface area contributed by atoms with Crippen LogP contribution < -0.4 is 5.73 Å². The SMILES string of the molecule is CCc1nsc(SC(C)c2ccc(N)cc2)n1. The molecule has 5 heteroatoms. The van der Waals surface area contributed by atoms with Crippen LogP contribution in [0.3, 0.4) is 0 Å². The van der Waals surface area contributed by atoms with Gasteiger partial charge in [0.05, 0.1) is 0 Å². The third-order valence-electron chi connectivity index (χ3n) is 2.45. The first-order valence-electron chi connectivity index (χ1n) is 5.53. The van der Waals surface area contributed by atoms with Gasteiger partial charge in [-0.1, -0.05) is 30.8 Å². The van der Waals surface area contributed by atoms with Gasteiger partial charge in [-0.3, -0.25) is 0 Å². The first-order valence-corrected chi connectivity index (χ1v) is 7.19. The molecule has 1 aromatic heterocycles. The predicted octanol–water partition coefficient (Wildman–Crippen LogP) is 3.54. The van der Waals surface area contributed by atoms with Crippen molar-refractivity contribution in [2.24, 2.45) is 0 Å². The third kappa shape index (κ3) is 3.20. The van der Waals surface area contributed by atoms with Crippen molar-refractivity contribution in [3.63, 3.8) is 0 Å². The van der Waals surface area contributed by atoms with Crippen LogP contribution >= 0.6 is 23.3 Å². The van der Waals surface area contributed by atoms with E-state index in [1.165, 1.54) is 17.1 Å². The smallest absolute Gasteiger partial charge is 0.170 e. The zero-order valence-corrected chi connectivity index (χ0v) is 11.5. The summed E-state index contributed by atoms with van der Waals surface area (Å²) in [5, 5.41) is 0.369. The van der Waals surface area contributed by atoms with Crippen LogP contribution in [0.25, 0.3) is 0 Å². The van der Waals surface area contributed by atoms with Crippen LogP contribution in [0, 0.1) is 0 Å². The molecule has 0 saturated carbocycles. The summed E-state index contributed by atoms with van der Waals surface area (Å²) < 4.78 is 5.32. The second-order valence-corrected chi connectivity index (χ2v) is 6.10. The highest BCUT2D eigenvalue weighted by Crippen LogP contribution is 2.35. The van der Waals surface area contributed by atoms with Crippen LogP contribution in [0.2, 0.25) is 0 Å². The normalized spacial score (nSPS) is 12.6. The zero-order valence-electron chi connectivity index (χ0n) is 9.88. The van der Waals surface area contributed by atoms with E-state index >= 15 is 0 Å². The van der Waals surface area contributed by atoms with Gasteiger partial charge in [0, 0.05) is 17.4 Å². The van der Waals surface area contributed by atoms with Crippen molar-refractivity contribution in [1.29, 1.82) is 0 Å². The molecule has 1 aromatic carbocycles. The molecule has 90 valence electrons. The quantitative estimate of drug-likeness (QED) is 0.678. The number of nitrogens with two attached hydrogens (primary N) is 1. The van der Waals surface area contributed by atoms with Gasteiger partial charge in [-0.15, -0.1) is 0 Å². The minimum atomic E-state index is 0.369. The molecule has 0 aliphatic rings. The standard InChI is InChI=1S/C12H15N3S2/c1-3-11-14-12(17-15-11)16-8(2)9-4-6-10(13)7-5-9/h4-8H,3,13H2,1-2H3. The van der Waals surface area contributed by atoms with E-state index in [1.807, 2.05) is 12.1 Å². The summed E-state index contributed by atoms with van der Waals surface area (Å²) in [7, 11) is 0. The van der Waals surface area contributed by atoms with Gasteiger partial charge in [0.15, 0.2) is 4.34 Å². The predicted molar refractivity (Wildman–Crippen MR) is 74.4 cm³/mol. The molecular formula is C12H15N3S2. The minimum Gasteiger partial charge on any atom is -0.399 e. The molecule has 0 fully saturated rings. The summed E-state index contributed by atoms with van der Waals surface area (Å²) in [4.78, 5) is 4.46. The van der Waals surface area contributed by atoms with Crippen molar-refractivity contribution in [3.05, 3.63) is 35.7 Å². The van der Waals surface area contributed by atoms with Crippen LogP contribution in [0.1, 0.15) is 30.5 Å². The van der Waals surface area contributed by atoms with E-state index in [0.29, 0.717) is 5.25 Å². The number of nitrogen functional groups attached to an aromatic ring is 1. The fourth-order valence-corrected chi connectivity index (χ4v) is 3.39. The van der Waals surface area contributed by atoms with Crippen molar-refractivity contribution in [2.45, 2.75) is 29.9 Å². The fourth-order valence-electron chi connectivity index (χ4n) is 1.42. The molecule has 0 spiro atoms. The van der Waals surface area contributed by atoms with E-state index in [1.54, 1.807) is 11.8 Å². The van der Waals surface area contributed by atoms with Crippen LogP contribution in [0.15, 0.2) is 28.6 Å². The maximum atomic E-state index is 5.67. The number of thioether (sulfide) groups is 1. The molecule has 2 N–H and O–H groups in total. The second kappa shape index (κ2) is 5.51. The molecule has 0 aliphatic heterocycles. The number of anilines is 1. The lowest BCUT2D eigenvalue weighted by Crippen LogP contribution is -1.90. The van der Waals surface area contributed by atoms with E-state index in [-0.39, 0.29) is 0 Å². The van der Waals surface area contributed by atoms with E-state index < -0.39 is 0 Å². The monoisotopic (exact) mass is 265 g/mol. The molecule has 0 aliphatic carbocycles. The summed E-state index contributed by atoms with van der Waals surface area (Å²) >= 11 is 3.22.